The molecular formula is C17H13NO. The highest BCUT2D eigenvalue weighted by molar-refractivity contribution is 6.09. The first-order valence-corrected chi connectivity index (χ1v) is 6.27. The Balaban J connectivity index is 1.93. The van der Waals surface area contributed by atoms with Crippen molar-refractivity contribution < 1.29 is 4.79 Å². The molecule has 1 aromatic heterocycles. The smallest absolute Gasteiger partial charge is 0.185 e. The van der Waals surface area contributed by atoms with Crippen LogP contribution >= 0.6 is 0 Å². The summed E-state index contributed by atoms with van der Waals surface area (Å²) in [5, 5.41) is 1.06. The molecule has 1 aromatic carbocycles. The number of hydrogen-bond acceptors (Lipinski definition) is 2. The topological polar surface area (TPSA) is 30.0 Å². The van der Waals surface area contributed by atoms with Gasteiger partial charge in [-0.15, -0.1) is 0 Å². The van der Waals surface area contributed by atoms with Crippen LogP contribution in [0.4, 0.5) is 0 Å². The van der Waals surface area contributed by atoms with Gasteiger partial charge in [0.25, 0.3) is 0 Å². The van der Waals surface area contributed by atoms with Crippen molar-refractivity contribution in [3.63, 3.8) is 0 Å². The van der Waals surface area contributed by atoms with Gasteiger partial charge in [0.05, 0.1) is 5.52 Å². The monoisotopic (exact) mass is 247 g/mol. The van der Waals surface area contributed by atoms with E-state index in [0.717, 1.165) is 28.5 Å². The molecule has 0 radical (unpaired) electrons. The maximum atomic E-state index is 11.9. The third kappa shape index (κ3) is 2.38. The van der Waals surface area contributed by atoms with Crippen LogP contribution in [0.5, 0.6) is 0 Å². The summed E-state index contributed by atoms with van der Waals surface area (Å²) in [5.41, 5.74) is 2.73. The second-order valence-electron chi connectivity index (χ2n) is 4.41. The molecule has 92 valence electrons. The summed E-state index contributed by atoms with van der Waals surface area (Å²) in [7, 11) is 0. The molecule has 0 saturated carbocycles. The van der Waals surface area contributed by atoms with Crippen molar-refractivity contribution in [1.29, 1.82) is 0 Å². The lowest BCUT2D eigenvalue weighted by atomic mass is 10.1. The highest BCUT2D eigenvalue weighted by Crippen LogP contribution is 2.18. The van der Waals surface area contributed by atoms with Gasteiger partial charge >= 0.3 is 0 Å². The Hall–Kier alpha value is -2.48. The van der Waals surface area contributed by atoms with Crippen LogP contribution < -0.4 is 0 Å². The number of pyridine rings is 1. The lowest BCUT2D eigenvalue weighted by Crippen LogP contribution is -1.93. The Morgan fingerprint density at radius 3 is 2.95 bits per heavy atom. The predicted octanol–water partition coefficient (Wildman–Crippen LogP) is 3.70. The summed E-state index contributed by atoms with van der Waals surface area (Å²) in [6.45, 7) is 0. The van der Waals surface area contributed by atoms with E-state index >= 15 is 0 Å². The SMILES string of the molecule is O=C(/C=C/c1ccnc2ccccc12)C1=CCC=C1. The van der Waals surface area contributed by atoms with Crippen LogP contribution in [0.2, 0.25) is 0 Å². The molecule has 0 spiro atoms. The van der Waals surface area contributed by atoms with E-state index in [2.05, 4.69) is 4.98 Å². The van der Waals surface area contributed by atoms with Gasteiger partial charge in [-0.05, 0) is 30.2 Å². The molecule has 2 heteroatoms. The summed E-state index contributed by atoms with van der Waals surface area (Å²) in [4.78, 5) is 16.2. The number of ketones is 1. The fraction of sp³-hybridized carbons (Fsp3) is 0.0588. The summed E-state index contributed by atoms with van der Waals surface area (Å²) in [6, 6.07) is 9.84. The van der Waals surface area contributed by atoms with E-state index in [1.54, 1.807) is 12.3 Å². The summed E-state index contributed by atoms with van der Waals surface area (Å²) < 4.78 is 0. The molecule has 0 aliphatic heterocycles. The molecule has 1 aliphatic carbocycles. The van der Waals surface area contributed by atoms with Gasteiger partial charge in [-0.2, -0.15) is 0 Å². The molecule has 1 aliphatic rings. The maximum Gasteiger partial charge on any atom is 0.185 e. The van der Waals surface area contributed by atoms with E-state index in [1.165, 1.54) is 0 Å². The van der Waals surface area contributed by atoms with Crippen LogP contribution in [0.25, 0.3) is 17.0 Å². The van der Waals surface area contributed by atoms with Gasteiger partial charge in [-0.1, -0.05) is 42.5 Å². The standard InChI is InChI=1S/C17H13NO/c19-17(14-5-1-2-6-14)10-9-13-11-12-18-16-8-4-3-7-15(13)16/h1,3-12H,2H2/b10-9+. The zero-order chi connectivity index (χ0) is 13.1. The molecule has 0 unspecified atom stereocenters. The van der Waals surface area contributed by atoms with Crippen LogP contribution in [-0.2, 0) is 4.79 Å². The normalized spacial score (nSPS) is 14.2. The average molecular weight is 247 g/mol. The van der Waals surface area contributed by atoms with Crippen molar-refractivity contribution in [1.82, 2.24) is 4.98 Å². The van der Waals surface area contributed by atoms with Crippen molar-refractivity contribution in [2.24, 2.45) is 0 Å². The number of rotatable bonds is 3. The molecule has 0 saturated heterocycles. The van der Waals surface area contributed by atoms with Gasteiger partial charge in [0, 0.05) is 17.2 Å². The van der Waals surface area contributed by atoms with Gasteiger partial charge in [-0.3, -0.25) is 9.78 Å². The fourth-order valence-electron chi connectivity index (χ4n) is 2.17. The van der Waals surface area contributed by atoms with Gasteiger partial charge in [0.15, 0.2) is 5.78 Å². The van der Waals surface area contributed by atoms with E-state index in [4.69, 9.17) is 0 Å². The molecule has 0 N–H and O–H groups in total. The Morgan fingerprint density at radius 1 is 1.21 bits per heavy atom. The third-order valence-electron chi connectivity index (χ3n) is 3.15. The molecule has 3 rings (SSSR count). The van der Waals surface area contributed by atoms with Crippen molar-refractivity contribution >= 4 is 22.8 Å². The largest absolute Gasteiger partial charge is 0.289 e. The predicted molar refractivity (Wildman–Crippen MR) is 77.6 cm³/mol. The van der Waals surface area contributed by atoms with E-state index in [-0.39, 0.29) is 5.78 Å². The molecular weight excluding hydrogens is 234 g/mol. The molecule has 0 bridgehead atoms. The number of fused-ring (bicyclic) bond motifs is 1. The Bertz CT molecular complexity index is 718. The number of benzene rings is 1. The summed E-state index contributed by atoms with van der Waals surface area (Å²) in [6.07, 6.45) is 11.9. The van der Waals surface area contributed by atoms with Crippen LogP contribution in [0.1, 0.15) is 12.0 Å². The van der Waals surface area contributed by atoms with Crippen molar-refractivity contribution in [2.45, 2.75) is 6.42 Å². The summed E-state index contributed by atoms with van der Waals surface area (Å²) in [5.74, 6) is 0.0506. The Kier molecular flexibility index (Phi) is 3.07. The number of carbonyl (C=O) groups excluding carboxylic acids is 1. The molecule has 2 aromatic rings. The Morgan fingerprint density at radius 2 is 2.11 bits per heavy atom. The van der Waals surface area contributed by atoms with Crippen LogP contribution in [0, 0.1) is 0 Å². The maximum absolute atomic E-state index is 11.9. The van der Waals surface area contributed by atoms with Crippen LogP contribution in [-0.4, -0.2) is 10.8 Å². The van der Waals surface area contributed by atoms with E-state index in [1.807, 2.05) is 54.6 Å². The minimum absolute atomic E-state index is 0.0506. The number of aromatic nitrogens is 1. The van der Waals surface area contributed by atoms with Crippen LogP contribution in [0.3, 0.4) is 0 Å². The van der Waals surface area contributed by atoms with Gasteiger partial charge in [-0.25, -0.2) is 0 Å². The number of hydrogen-bond donors (Lipinski definition) is 0. The molecule has 19 heavy (non-hydrogen) atoms. The first-order chi connectivity index (χ1) is 9.34. The minimum atomic E-state index is 0.0506. The summed E-state index contributed by atoms with van der Waals surface area (Å²) >= 11 is 0. The number of allylic oxidation sites excluding steroid dienone is 5. The molecule has 1 heterocycles. The zero-order valence-corrected chi connectivity index (χ0v) is 10.4. The first-order valence-electron chi connectivity index (χ1n) is 6.27. The van der Waals surface area contributed by atoms with Gasteiger partial charge < -0.3 is 0 Å². The third-order valence-corrected chi connectivity index (χ3v) is 3.15. The molecule has 0 fully saturated rings. The van der Waals surface area contributed by atoms with E-state index in [0.29, 0.717) is 0 Å². The first kappa shape index (κ1) is 11.6. The highest BCUT2D eigenvalue weighted by Gasteiger charge is 2.05. The second kappa shape index (κ2) is 5.02. The minimum Gasteiger partial charge on any atom is -0.289 e. The second-order valence-corrected chi connectivity index (χ2v) is 4.41. The van der Waals surface area contributed by atoms with Gasteiger partial charge in [0.2, 0.25) is 0 Å². The van der Waals surface area contributed by atoms with Crippen LogP contribution in [0.15, 0.2) is 66.4 Å². The van der Waals surface area contributed by atoms with E-state index in [9.17, 15) is 4.79 Å². The quantitative estimate of drug-likeness (QED) is 0.774. The lowest BCUT2D eigenvalue weighted by Gasteiger charge is -2.00. The molecule has 2 nitrogen and oxygen atoms in total. The van der Waals surface area contributed by atoms with Gasteiger partial charge in [0.1, 0.15) is 0 Å². The molecule has 0 amide bonds. The fourth-order valence-corrected chi connectivity index (χ4v) is 2.17. The highest BCUT2D eigenvalue weighted by atomic mass is 16.1. The number of nitrogens with zero attached hydrogens (tertiary/aromatic N) is 1. The number of para-hydroxylation sites is 1. The zero-order valence-electron chi connectivity index (χ0n) is 10.4. The van der Waals surface area contributed by atoms with Crippen molar-refractivity contribution in [2.75, 3.05) is 0 Å². The number of carbonyl (C=O) groups is 1. The lowest BCUT2D eigenvalue weighted by molar-refractivity contribution is -0.111. The van der Waals surface area contributed by atoms with Crippen molar-refractivity contribution in [3.05, 3.63) is 72.0 Å². The Labute approximate surface area is 111 Å². The molecule has 0 atom stereocenters. The van der Waals surface area contributed by atoms with Crippen molar-refractivity contribution in [3.8, 4) is 0 Å². The van der Waals surface area contributed by atoms with E-state index < -0.39 is 0 Å². The average Bonchev–Trinajstić information content (AvgIpc) is 2.99.